The zero-order valence-corrected chi connectivity index (χ0v) is 13.1. The van der Waals surface area contributed by atoms with E-state index >= 15 is 0 Å². The van der Waals surface area contributed by atoms with Crippen molar-refractivity contribution in [3.05, 3.63) is 71.3 Å². The zero-order valence-electron chi connectivity index (χ0n) is 10.9. The monoisotopic (exact) mass is 364 g/mol. The predicted molar refractivity (Wildman–Crippen MR) is 86.6 cm³/mol. The summed E-state index contributed by atoms with van der Waals surface area (Å²) in [7, 11) is 0. The van der Waals surface area contributed by atoms with Crippen molar-refractivity contribution in [2.24, 2.45) is 0 Å². The molecule has 0 radical (unpaired) electrons. The number of aryl methyl sites for hydroxylation is 1. The highest BCUT2D eigenvalue weighted by molar-refractivity contribution is 14.1. The first-order chi connectivity index (χ1) is 9.24. The fourth-order valence-electron chi connectivity index (χ4n) is 2.57. The summed E-state index contributed by atoms with van der Waals surface area (Å²) in [5, 5.41) is 0. The van der Waals surface area contributed by atoms with Crippen LogP contribution in [0.25, 0.3) is 0 Å². The first-order valence-corrected chi connectivity index (χ1v) is 7.89. The van der Waals surface area contributed by atoms with Gasteiger partial charge in [-0.25, -0.2) is 0 Å². The normalized spacial score (nSPS) is 26.5. The fourth-order valence-corrected chi connectivity index (χ4v) is 3.62. The van der Waals surface area contributed by atoms with E-state index in [1.54, 1.807) is 0 Å². The summed E-state index contributed by atoms with van der Waals surface area (Å²) in [5.74, 6) is 0. The van der Waals surface area contributed by atoms with Crippen LogP contribution in [0.15, 0.2) is 54.6 Å². The van der Waals surface area contributed by atoms with Gasteiger partial charge in [-0.2, -0.15) is 0 Å². The van der Waals surface area contributed by atoms with Crippen LogP contribution in [0, 0.1) is 6.92 Å². The third-order valence-corrected chi connectivity index (χ3v) is 4.82. The molecule has 0 spiro atoms. The van der Waals surface area contributed by atoms with Crippen LogP contribution in [-0.4, -0.2) is 3.92 Å². The minimum absolute atomic E-state index is 0.216. The van der Waals surface area contributed by atoms with Crippen LogP contribution in [-0.2, 0) is 4.74 Å². The lowest BCUT2D eigenvalue weighted by molar-refractivity contribution is 0.0460. The Kier molecular flexibility index (Phi) is 3.89. The highest BCUT2D eigenvalue weighted by Gasteiger charge is 2.35. The second kappa shape index (κ2) is 5.63. The van der Waals surface area contributed by atoms with E-state index in [0.29, 0.717) is 3.92 Å². The van der Waals surface area contributed by atoms with E-state index < -0.39 is 0 Å². The van der Waals surface area contributed by atoms with Crippen molar-refractivity contribution in [1.29, 1.82) is 0 Å². The molecule has 19 heavy (non-hydrogen) atoms. The van der Waals surface area contributed by atoms with Gasteiger partial charge in [-0.15, -0.1) is 0 Å². The Morgan fingerprint density at radius 3 is 2.32 bits per heavy atom. The van der Waals surface area contributed by atoms with Gasteiger partial charge < -0.3 is 4.74 Å². The molecule has 0 bridgehead atoms. The molecule has 2 aromatic rings. The fraction of sp³-hybridized carbons (Fsp3) is 0.294. The molecular weight excluding hydrogens is 347 g/mol. The van der Waals surface area contributed by atoms with Crippen LogP contribution in [0.5, 0.6) is 0 Å². The van der Waals surface area contributed by atoms with Gasteiger partial charge in [0.1, 0.15) is 0 Å². The van der Waals surface area contributed by atoms with E-state index in [0.717, 1.165) is 6.42 Å². The summed E-state index contributed by atoms with van der Waals surface area (Å²) < 4.78 is 6.81. The Labute approximate surface area is 128 Å². The molecule has 1 aliphatic heterocycles. The van der Waals surface area contributed by atoms with Crippen LogP contribution < -0.4 is 0 Å². The molecule has 0 N–H and O–H groups in total. The van der Waals surface area contributed by atoms with E-state index in [1.165, 1.54) is 16.7 Å². The lowest BCUT2D eigenvalue weighted by Gasteiger charge is -2.15. The highest BCUT2D eigenvalue weighted by Crippen LogP contribution is 2.44. The van der Waals surface area contributed by atoms with Gasteiger partial charge >= 0.3 is 0 Å². The van der Waals surface area contributed by atoms with Crippen molar-refractivity contribution in [2.75, 3.05) is 0 Å². The van der Waals surface area contributed by atoms with Gasteiger partial charge in [0.15, 0.2) is 0 Å². The number of ether oxygens (including phenoxy) is 1. The Bertz CT molecular complexity index is 535. The Morgan fingerprint density at radius 2 is 1.63 bits per heavy atom. The predicted octanol–water partition coefficient (Wildman–Crippen LogP) is 5.00. The molecule has 3 rings (SSSR count). The molecule has 0 amide bonds. The molecule has 0 aliphatic carbocycles. The molecule has 2 aromatic carbocycles. The average molecular weight is 364 g/mol. The third kappa shape index (κ3) is 2.84. The van der Waals surface area contributed by atoms with Crippen LogP contribution >= 0.6 is 22.6 Å². The highest BCUT2D eigenvalue weighted by atomic mass is 127. The number of hydrogen-bond acceptors (Lipinski definition) is 1. The molecule has 1 saturated heterocycles. The topological polar surface area (TPSA) is 9.23 Å². The lowest BCUT2D eigenvalue weighted by atomic mass is 10.0. The molecule has 98 valence electrons. The van der Waals surface area contributed by atoms with E-state index in [4.69, 9.17) is 4.74 Å². The first-order valence-electron chi connectivity index (χ1n) is 6.65. The van der Waals surface area contributed by atoms with E-state index in [1.807, 2.05) is 0 Å². The number of benzene rings is 2. The SMILES string of the molecule is Cc1ccc([C@@H]2C[C@H](I)[C@@H](c3ccccc3)O2)cc1. The van der Waals surface area contributed by atoms with Gasteiger partial charge in [0.25, 0.3) is 0 Å². The summed E-state index contributed by atoms with van der Waals surface area (Å²) >= 11 is 2.52. The molecule has 1 fully saturated rings. The first kappa shape index (κ1) is 13.1. The quantitative estimate of drug-likeness (QED) is 0.538. The zero-order chi connectivity index (χ0) is 13.2. The van der Waals surface area contributed by atoms with E-state index in [9.17, 15) is 0 Å². The van der Waals surface area contributed by atoms with Crippen LogP contribution in [0.3, 0.4) is 0 Å². The van der Waals surface area contributed by atoms with Crippen LogP contribution in [0.1, 0.15) is 35.3 Å². The summed E-state index contributed by atoms with van der Waals surface area (Å²) in [6, 6.07) is 19.3. The Hall–Kier alpha value is -0.870. The smallest absolute Gasteiger partial charge is 0.0951 e. The Morgan fingerprint density at radius 1 is 0.947 bits per heavy atom. The minimum atomic E-state index is 0.216. The van der Waals surface area contributed by atoms with E-state index in [-0.39, 0.29) is 12.2 Å². The summed E-state index contributed by atoms with van der Waals surface area (Å²) in [6.45, 7) is 2.12. The van der Waals surface area contributed by atoms with Gasteiger partial charge in [-0.3, -0.25) is 0 Å². The third-order valence-electron chi connectivity index (χ3n) is 3.66. The van der Waals surface area contributed by atoms with Crippen molar-refractivity contribution < 1.29 is 4.74 Å². The van der Waals surface area contributed by atoms with Crippen molar-refractivity contribution in [3.8, 4) is 0 Å². The molecule has 3 atom stereocenters. The summed E-state index contributed by atoms with van der Waals surface area (Å²) in [6.07, 6.45) is 1.53. The van der Waals surface area contributed by atoms with Gasteiger partial charge in [0.05, 0.1) is 12.2 Å². The van der Waals surface area contributed by atoms with Crippen molar-refractivity contribution in [2.45, 2.75) is 29.5 Å². The minimum Gasteiger partial charge on any atom is -0.364 e. The van der Waals surface area contributed by atoms with Gasteiger partial charge in [-0.05, 0) is 24.5 Å². The standard InChI is InChI=1S/C17H17IO/c1-12-7-9-13(10-8-12)16-11-15(18)17(19-16)14-5-3-2-4-6-14/h2-10,15-17H,11H2,1H3/t15-,16-,17+/m0/s1. The number of alkyl halides is 1. The van der Waals surface area contributed by atoms with Crippen molar-refractivity contribution in [1.82, 2.24) is 0 Å². The average Bonchev–Trinajstić information content (AvgIpc) is 2.83. The number of hydrogen-bond donors (Lipinski definition) is 0. The van der Waals surface area contributed by atoms with Gasteiger partial charge in [-0.1, -0.05) is 82.8 Å². The maximum absolute atomic E-state index is 6.28. The Balaban J connectivity index is 1.80. The largest absolute Gasteiger partial charge is 0.364 e. The van der Waals surface area contributed by atoms with Gasteiger partial charge in [0.2, 0.25) is 0 Å². The molecule has 0 aromatic heterocycles. The summed E-state index contributed by atoms with van der Waals surface area (Å²) in [4.78, 5) is 0. The molecule has 1 nitrogen and oxygen atoms in total. The number of halogens is 1. The van der Waals surface area contributed by atoms with Crippen LogP contribution in [0.2, 0.25) is 0 Å². The summed E-state index contributed by atoms with van der Waals surface area (Å²) in [5.41, 5.74) is 3.88. The van der Waals surface area contributed by atoms with Gasteiger partial charge in [0, 0.05) is 3.92 Å². The number of rotatable bonds is 2. The molecule has 1 heterocycles. The second-order valence-electron chi connectivity index (χ2n) is 5.12. The lowest BCUT2D eigenvalue weighted by Crippen LogP contribution is -2.05. The second-order valence-corrected chi connectivity index (χ2v) is 6.72. The van der Waals surface area contributed by atoms with Crippen molar-refractivity contribution >= 4 is 22.6 Å². The molecule has 0 unspecified atom stereocenters. The van der Waals surface area contributed by atoms with E-state index in [2.05, 4.69) is 84.1 Å². The van der Waals surface area contributed by atoms with Crippen molar-refractivity contribution in [3.63, 3.8) is 0 Å². The molecule has 2 heteroatoms. The maximum Gasteiger partial charge on any atom is 0.0951 e. The van der Waals surface area contributed by atoms with Crippen LogP contribution in [0.4, 0.5) is 0 Å². The molecule has 0 saturated carbocycles. The molecule has 1 aliphatic rings. The maximum atomic E-state index is 6.28. The molecular formula is C17H17IO.